The molecule has 0 bridgehead atoms. The molecule has 0 aliphatic carbocycles. The van der Waals surface area contributed by atoms with Crippen molar-refractivity contribution < 1.29 is 52.8 Å². The van der Waals surface area contributed by atoms with Gasteiger partial charge in [-0.05, 0) is 58.0 Å². The lowest BCUT2D eigenvalue weighted by atomic mass is 10.0. The molecule has 388 valence electrons. The van der Waals surface area contributed by atoms with E-state index in [4.69, 9.17) is 23.7 Å². The predicted octanol–water partition coefficient (Wildman–Crippen LogP) is 12.6. The minimum atomic E-state index is -0.515. The van der Waals surface area contributed by atoms with E-state index in [2.05, 4.69) is 25.7 Å². The number of nitrogens with zero attached hydrogens (tertiary/aromatic N) is 1. The van der Waals surface area contributed by atoms with E-state index in [1.54, 1.807) is 0 Å². The highest BCUT2D eigenvalue weighted by Gasteiger charge is 2.20. The van der Waals surface area contributed by atoms with Crippen molar-refractivity contribution in [1.82, 2.24) is 4.90 Å². The molecule has 1 unspecified atom stereocenters. The van der Waals surface area contributed by atoms with Crippen LogP contribution >= 0.6 is 0 Å². The standard InChI is InChI=1S/C54H101NO11/c1-5-9-12-15-16-17-18-19-20-21-22-23-24-27-30-37-52(59)64-45-49(46-65-53(60)38-31-32-40-55(8-4)41-42-56)47-66-54(61)39-33-34-48(43-62-50(57)35-28-25-13-10-6-2)44-63-51(58)36-29-26-14-11-7-3/h48-49,56H,5-47H2,1-4H3. The molecule has 12 nitrogen and oxygen atoms in total. The van der Waals surface area contributed by atoms with Crippen LogP contribution in [0.3, 0.4) is 0 Å². The third-order valence-electron chi connectivity index (χ3n) is 12.3. The molecule has 0 heterocycles. The molecule has 0 rings (SSSR count). The molecule has 0 saturated carbocycles. The molecule has 1 atom stereocenters. The molecule has 1 N–H and O–H groups in total. The number of aliphatic hydroxyl groups is 1. The zero-order valence-electron chi connectivity index (χ0n) is 43.0. The van der Waals surface area contributed by atoms with Crippen molar-refractivity contribution >= 4 is 29.8 Å². The fourth-order valence-electron chi connectivity index (χ4n) is 7.87. The highest BCUT2D eigenvalue weighted by molar-refractivity contribution is 5.71. The van der Waals surface area contributed by atoms with Crippen LogP contribution in [0.5, 0.6) is 0 Å². The Balaban J connectivity index is 4.97. The lowest BCUT2D eigenvalue weighted by Crippen LogP contribution is -2.28. The highest BCUT2D eigenvalue weighted by Crippen LogP contribution is 2.17. The summed E-state index contributed by atoms with van der Waals surface area (Å²) in [5.41, 5.74) is 0. The Morgan fingerprint density at radius 2 is 0.621 bits per heavy atom. The van der Waals surface area contributed by atoms with Crippen LogP contribution in [-0.2, 0) is 47.7 Å². The molecular formula is C54H101NO11. The largest absolute Gasteiger partial charge is 0.465 e. The number of rotatable bonds is 50. The molecule has 0 aliphatic rings. The monoisotopic (exact) mass is 940 g/mol. The molecule has 0 aromatic carbocycles. The first-order chi connectivity index (χ1) is 32.2. The topological polar surface area (TPSA) is 155 Å². The number of likely N-dealkylation sites (N-methyl/N-ethyl adjacent to an activating group) is 1. The number of aliphatic hydroxyl groups excluding tert-OH is 1. The van der Waals surface area contributed by atoms with Gasteiger partial charge in [-0.3, -0.25) is 24.0 Å². The number of unbranched alkanes of at least 4 members (excludes halogenated alkanes) is 23. The minimum absolute atomic E-state index is 0.0270. The maximum Gasteiger partial charge on any atom is 0.305 e. The summed E-state index contributed by atoms with van der Waals surface area (Å²) in [5.74, 6) is -2.40. The van der Waals surface area contributed by atoms with Crippen molar-refractivity contribution in [3.8, 4) is 0 Å². The summed E-state index contributed by atoms with van der Waals surface area (Å²) in [6.07, 6.45) is 32.8. The quantitative estimate of drug-likeness (QED) is 0.0350. The van der Waals surface area contributed by atoms with Crippen molar-refractivity contribution in [2.45, 2.75) is 246 Å². The van der Waals surface area contributed by atoms with E-state index in [9.17, 15) is 29.1 Å². The van der Waals surface area contributed by atoms with Gasteiger partial charge in [-0.25, -0.2) is 0 Å². The predicted molar refractivity (Wildman–Crippen MR) is 265 cm³/mol. The van der Waals surface area contributed by atoms with E-state index in [0.717, 1.165) is 103 Å². The maximum absolute atomic E-state index is 13.0. The molecular weight excluding hydrogens is 839 g/mol. The van der Waals surface area contributed by atoms with Gasteiger partial charge in [0.15, 0.2) is 0 Å². The number of hydrogen-bond donors (Lipinski definition) is 1. The van der Waals surface area contributed by atoms with Crippen LogP contribution in [0.25, 0.3) is 0 Å². The lowest BCUT2D eigenvalue weighted by molar-refractivity contribution is -0.155. The zero-order chi connectivity index (χ0) is 48.6. The fourth-order valence-corrected chi connectivity index (χ4v) is 7.87. The molecule has 66 heavy (non-hydrogen) atoms. The molecule has 0 aromatic rings. The van der Waals surface area contributed by atoms with Crippen molar-refractivity contribution in [1.29, 1.82) is 0 Å². The van der Waals surface area contributed by atoms with E-state index >= 15 is 0 Å². The average molecular weight is 940 g/mol. The smallest absolute Gasteiger partial charge is 0.305 e. The SMILES string of the molecule is CCCCCCCCCCCCCCCCCC(=O)OCC(COC(=O)CCCCN(CC)CCO)COC(=O)CCCC(COC(=O)CCCCCCC)COC(=O)CCCCCCC. The highest BCUT2D eigenvalue weighted by atomic mass is 16.6. The summed E-state index contributed by atoms with van der Waals surface area (Å²) in [7, 11) is 0. The van der Waals surface area contributed by atoms with Crippen LogP contribution in [0, 0.1) is 11.8 Å². The number of hydrogen-bond acceptors (Lipinski definition) is 12. The Kier molecular flexibility index (Phi) is 46.7. The van der Waals surface area contributed by atoms with Crippen LogP contribution in [0.4, 0.5) is 0 Å². The summed E-state index contributed by atoms with van der Waals surface area (Å²) in [6.45, 7) is 11.0. The Morgan fingerprint density at radius 1 is 0.348 bits per heavy atom. The van der Waals surface area contributed by atoms with Gasteiger partial charge in [0.05, 0.1) is 25.7 Å². The fraction of sp³-hybridized carbons (Fsp3) is 0.907. The Bertz CT molecular complexity index is 1120. The van der Waals surface area contributed by atoms with Gasteiger partial charge >= 0.3 is 29.8 Å². The first-order valence-electron chi connectivity index (χ1n) is 27.3. The van der Waals surface area contributed by atoms with Gasteiger partial charge in [0.25, 0.3) is 0 Å². The third-order valence-corrected chi connectivity index (χ3v) is 12.3. The van der Waals surface area contributed by atoms with Crippen LogP contribution in [0.1, 0.15) is 246 Å². The summed E-state index contributed by atoms with van der Waals surface area (Å²) in [6, 6.07) is 0. The molecule has 12 heteroatoms. The average Bonchev–Trinajstić information content (AvgIpc) is 3.31. The van der Waals surface area contributed by atoms with Crippen molar-refractivity contribution in [2.75, 3.05) is 59.3 Å². The normalized spacial score (nSPS) is 11.8. The Morgan fingerprint density at radius 3 is 0.924 bits per heavy atom. The van der Waals surface area contributed by atoms with E-state index in [1.807, 2.05) is 6.92 Å². The molecule has 0 radical (unpaired) electrons. The van der Waals surface area contributed by atoms with Gasteiger partial charge in [0, 0.05) is 44.6 Å². The third kappa shape index (κ3) is 43.8. The maximum atomic E-state index is 13.0. The Hall–Kier alpha value is -2.73. The first-order valence-corrected chi connectivity index (χ1v) is 27.3. The van der Waals surface area contributed by atoms with Crippen LogP contribution in [0.15, 0.2) is 0 Å². The number of carbonyl (C=O) groups is 5. The van der Waals surface area contributed by atoms with E-state index in [0.29, 0.717) is 45.1 Å². The second kappa shape index (κ2) is 48.7. The van der Waals surface area contributed by atoms with Crippen LogP contribution in [0.2, 0.25) is 0 Å². The van der Waals surface area contributed by atoms with E-state index < -0.39 is 11.9 Å². The molecule has 0 aromatic heterocycles. The summed E-state index contributed by atoms with van der Waals surface area (Å²) in [5, 5.41) is 9.23. The number of carbonyl (C=O) groups excluding carboxylic acids is 5. The van der Waals surface area contributed by atoms with Crippen LogP contribution in [-0.4, -0.2) is 99.1 Å². The number of ether oxygens (including phenoxy) is 5. The van der Waals surface area contributed by atoms with Gasteiger partial charge in [-0.1, -0.05) is 169 Å². The van der Waals surface area contributed by atoms with E-state index in [-0.39, 0.29) is 82.3 Å². The Labute approximate surface area is 403 Å². The second-order valence-electron chi connectivity index (χ2n) is 18.7. The van der Waals surface area contributed by atoms with Crippen molar-refractivity contribution in [3.63, 3.8) is 0 Å². The van der Waals surface area contributed by atoms with Crippen LogP contribution < -0.4 is 0 Å². The minimum Gasteiger partial charge on any atom is -0.465 e. The molecule has 0 saturated heterocycles. The van der Waals surface area contributed by atoms with Gasteiger partial charge in [-0.15, -0.1) is 0 Å². The molecule has 0 aliphatic heterocycles. The van der Waals surface area contributed by atoms with E-state index in [1.165, 1.54) is 77.0 Å². The number of esters is 5. The van der Waals surface area contributed by atoms with Gasteiger partial charge in [0.2, 0.25) is 0 Å². The van der Waals surface area contributed by atoms with Gasteiger partial charge < -0.3 is 33.7 Å². The van der Waals surface area contributed by atoms with Crippen molar-refractivity contribution in [2.24, 2.45) is 11.8 Å². The zero-order valence-corrected chi connectivity index (χ0v) is 43.0. The van der Waals surface area contributed by atoms with Crippen molar-refractivity contribution in [3.05, 3.63) is 0 Å². The summed E-state index contributed by atoms with van der Waals surface area (Å²) < 4.78 is 28.0. The molecule has 0 spiro atoms. The molecule has 0 fully saturated rings. The molecule has 0 amide bonds. The lowest BCUT2D eigenvalue weighted by Gasteiger charge is -2.19. The summed E-state index contributed by atoms with van der Waals surface area (Å²) >= 11 is 0. The second-order valence-corrected chi connectivity index (χ2v) is 18.7. The first kappa shape index (κ1) is 63.3. The van der Waals surface area contributed by atoms with Gasteiger partial charge in [-0.2, -0.15) is 0 Å². The summed E-state index contributed by atoms with van der Waals surface area (Å²) in [4.78, 5) is 65.4. The van der Waals surface area contributed by atoms with Gasteiger partial charge in [0.1, 0.15) is 19.8 Å².